The third-order valence-electron chi connectivity index (χ3n) is 4.17. The fourth-order valence-corrected chi connectivity index (χ4v) is 3.17. The van der Waals surface area contributed by atoms with E-state index in [0.29, 0.717) is 0 Å². The maximum atomic E-state index is 9.49. The van der Waals surface area contributed by atoms with Crippen LogP contribution in [0.25, 0.3) is 5.57 Å². The number of aryl methyl sites for hydroxylation is 1. The molecule has 1 aliphatic heterocycles. The first-order chi connectivity index (χ1) is 9.28. The monoisotopic (exact) mass is 253 g/mol. The molecule has 2 aliphatic rings. The van der Waals surface area contributed by atoms with Gasteiger partial charge in [-0.2, -0.15) is 5.26 Å². The van der Waals surface area contributed by atoms with Crippen molar-refractivity contribution in [2.75, 3.05) is 25.4 Å². The van der Waals surface area contributed by atoms with Crippen molar-refractivity contribution < 1.29 is 0 Å². The topological polar surface area (TPSA) is 53.0 Å². The fourth-order valence-electron chi connectivity index (χ4n) is 3.17. The zero-order valence-corrected chi connectivity index (χ0v) is 11.2. The Morgan fingerprint density at radius 1 is 1.21 bits per heavy atom. The van der Waals surface area contributed by atoms with Crippen molar-refractivity contribution in [3.8, 4) is 6.07 Å². The second-order valence-electron chi connectivity index (χ2n) is 5.49. The molecule has 19 heavy (non-hydrogen) atoms. The third kappa shape index (κ3) is 2.36. The standard InChI is InChI=1S/C16H19N3/c17-10-16-13(11-19-7-1-2-8-19)4-3-12-9-14(18)5-6-15(12)16/h5-6,9H,1-4,7-8,11,18H2. The summed E-state index contributed by atoms with van der Waals surface area (Å²) in [6.07, 6.45) is 4.59. The molecule has 0 saturated carbocycles. The predicted octanol–water partition coefficient (Wildman–Crippen LogP) is 2.59. The first-order valence-corrected chi connectivity index (χ1v) is 7.01. The molecule has 3 heteroatoms. The molecule has 0 unspecified atom stereocenters. The minimum absolute atomic E-state index is 0.791. The Balaban J connectivity index is 1.94. The lowest BCUT2D eigenvalue weighted by molar-refractivity contribution is 0.365. The molecule has 0 aromatic heterocycles. The largest absolute Gasteiger partial charge is 0.399 e. The molecule has 0 atom stereocenters. The number of fused-ring (bicyclic) bond motifs is 1. The number of anilines is 1. The number of hydrogen-bond acceptors (Lipinski definition) is 3. The van der Waals surface area contributed by atoms with Crippen LogP contribution in [0.5, 0.6) is 0 Å². The maximum absolute atomic E-state index is 9.49. The number of benzene rings is 1. The molecule has 3 rings (SSSR count). The number of nitrogens with zero attached hydrogens (tertiary/aromatic N) is 2. The van der Waals surface area contributed by atoms with E-state index in [-0.39, 0.29) is 0 Å². The van der Waals surface area contributed by atoms with Crippen molar-refractivity contribution in [1.29, 1.82) is 5.26 Å². The van der Waals surface area contributed by atoms with Crippen LogP contribution in [-0.2, 0) is 6.42 Å². The third-order valence-corrected chi connectivity index (χ3v) is 4.17. The normalized spacial score (nSPS) is 19.3. The van der Waals surface area contributed by atoms with Gasteiger partial charge in [-0.15, -0.1) is 0 Å². The Labute approximate surface area is 114 Å². The molecular formula is C16H19N3. The van der Waals surface area contributed by atoms with Crippen molar-refractivity contribution in [2.24, 2.45) is 0 Å². The van der Waals surface area contributed by atoms with Gasteiger partial charge in [0.15, 0.2) is 0 Å². The fraction of sp³-hybridized carbons (Fsp3) is 0.438. The summed E-state index contributed by atoms with van der Waals surface area (Å²) in [6.45, 7) is 3.32. The van der Waals surface area contributed by atoms with Crippen molar-refractivity contribution in [1.82, 2.24) is 4.90 Å². The summed E-state index contributed by atoms with van der Waals surface area (Å²) < 4.78 is 0. The van der Waals surface area contributed by atoms with E-state index in [2.05, 4.69) is 11.0 Å². The molecule has 0 radical (unpaired) electrons. The van der Waals surface area contributed by atoms with E-state index in [4.69, 9.17) is 5.73 Å². The van der Waals surface area contributed by atoms with E-state index >= 15 is 0 Å². The lowest BCUT2D eigenvalue weighted by atomic mass is 9.85. The van der Waals surface area contributed by atoms with E-state index in [9.17, 15) is 5.26 Å². The maximum Gasteiger partial charge on any atom is 0.0998 e. The van der Waals surface area contributed by atoms with Gasteiger partial charge in [0.1, 0.15) is 0 Å². The second kappa shape index (κ2) is 5.07. The molecule has 0 spiro atoms. The highest BCUT2D eigenvalue weighted by Crippen LogP contribution is 2.32. The smallest absolute Gasteiger partial charge is 0.0998 e. The van der Waals surface area contributed by atoms with Gasteiger partial charge in [-0.05, 0) is 67.6 Å². The lowest BCUT2D eigenvalue weighted by Gasteiger charge is -2.24. The molecule has 1 aromatic rings. The van der Waals surface area contributed by atoms with E-state index in [0.717, 1.165) is 36.2 Å². The van der Waals surface area contributed by atoms with Crippen molar-refractivity contribution in [3.05, 3.63) is 34.9 Å². The van der Waals surface area contributed by atoms with Gasteiger partial charge < -0.3 is 5.73 Å². The second-order valence-corrected chi connectivity index (χ2v) is 5.49. The Morgan fingerprint density at radius 2 is 2.00 bits per heavy atom. The van der Waals surface area contributed by atoms with Crippen LogP contribution in [0, 0.1) is 11.3 Å². The number of nitriles is 1. The number of nitrogens with two attached hydrogens (primary N) is 1. The molecule has 3 nitrogen and oxygen atoms in total. The van der Waals surface area contributed by atoms with Gasteiger partial charge in [0.25, 0.3) is 0 Å². The first-order valence-electron chi connectivity index (χ1n) is 7.01. The summed E-state index contributed by atoms with van der Waals surface area (Å²) >= 11 is 0. The van der Waals surface area contributed by atoms with Gasteiger partial charge in [0.2, 0.25) is 0 Å². The van der Waals surface area contributed by atoms with Crippen LogP contribution in [0.3, 0.4) is 0 Å². The molecule has 2 N–H and O–H groups in total. The van der Waals surface area contributed by atoms with Gasteiger partial charge in [-0.3, -0.25) is 4.90 Å². The van der Waals surface area contributed by atoms with Crippen LogP contribution < -0.4 is 5.73 Å². The summed E-state index contributed by atoms with van der Waals surface area (Å²) in [4.78, 5) is 2.47. The van der Waals surface area contributed by atoms with E-state index in [1.807, 2.05) is 18.2 Å². The zero-order chi connectivity index (χ0) is 13.2. The van der Waals surface area contributed by atoms with Crippen LogP contribution >= 0.6 is 0 Å². The molecule has 1 heterocycles. The predicted molar refractivity (Wildman–Crippen MR) is 77.4 cm³/mol. The number of allylic oxidation sites excluding steroid dienone is 1. The molecule has 0 amide bonds. The van der Waals surface area contributed by atoms with Crippen LogP contribution in [0.4, 0.5) is 5.69 Å². The molecular weight excluding hydrogens is 234 g/mol. The summed E-state index contributed by atoms with van der Waals surface area (Å²) in [5.41, 5.74) is 11.1. The van der Waals surface area contributed by atoms with Crippen molar-refractivity contribution in [3.63, 3.8) is 0 Å². The molecule has 1 aromatic carbocycles. The lowest BCUT2D eigenvalue weighted by Crippen LogP contribution is -2.24. The highest BCUT2D eigenvalue weighted by molar-refractivity contribution is 5.83. The Bertz CT molecular complexity index is 560. The van der Waals surface area contributed by atoms with Gasteiger partial charge in [-0.25, -0.2) is 0 Å². The molecule has 1 saturated heterocycles. The Morgan fingerprint density at radius 3 is 2.74 bits per heavy atom. The molecule has 0 bridgehead atoms. The summed E-state index contributed by atoms with van der Waals surface area (Å²) in [5, 5.41) is 9.49. The van der Waals surface area contributed by atoms with Gasteiger partial charge >= 0.3 is 0 Å². The molecule has 1 aliphatic carbocycles. The molecule has 98 valence electrons. The van der Waals surface area contributed by atoms with Gasteiger partial charge in [0, 0.05) is 12.2 Å². The SMILES string of the molecule is N#CC1=C(CN2CCCC2)CCc2cc(N)ccc21. The van der Waals surface area contributed by atoms with Crippen LogP contribution in [0.2, 0.25) is 0 Å². The van der Waals surface area contributed by atoms with E-state index in [1.165, 1.54) is 37.1 Å². The highest BCUT2D eigenvalue weighted by Gasteiger charge is 2.21. The molecule has 1 fully saturated rings. The average molecular weight is 253 g/mol. The number of likely N-dealkylation sites (tertiary alicyclic amines) is 1. The summed E-state index contributed by atoms with van der Waals surface area (Å²) in [5.74, 6) is 0. The summed E-state index contributed by atoms with van der Waals surface area (Å²) in [6, 6.07) is 8.33. The minimum atomic E-state index is 0.791. The van der Waals surface area contributed by atoms with Crippen LogP contribution in [-0.4, -0.2) is 24.5 Å². The van der Waals surface area contributed by atoms with E-state index in [1.54, 1.807) is 0 Å². The van der Waals surface area contributed by atoms with Crippen LogP contribution in [0.1, 0.15) is 30.4 Å². The number of hydrogen-bond donors (Lipinski definition) is 1. The first kappa shape index (κ1) is 12.3. The Hall–Kier alpha value is -1.79. The van der Waals surface area contributed by atoms with Crippen LogP contribution in [0.15, 0.2) is 23.8 Å². The highest BCUT2D eigenvalue weighted by atomic mass is 15.1. The van der Waals surface area contributed by atoms with E-state index < -0.39 is 0 Å². The summed E-state index contributed by atoms with van der Waals surface area (Å²) in [7, 11) is 0. The number of rotatable bonds is 2. The average Bonchev–Trinajstić information content (AvgIpc) is 2.91. The Kier molecular flexibility index (Phi) is 3.27. The van der Waals surface area contributed by atoms with Gasteiger partial charge in [-0.1, -0.05) is 6.07 Å². The van der Waals surface area contributed by atoms with Gasteiger partial charge in [0.05, 0.1) is 11.6 Å². The van der Waals surface area contributed by atoms with Crippen molar-refractivity contribution >= 4 is 11.3 Å². The zero-order valence-electron chi connectivity index (χ0n) is 11.2. The number of nitrogen functional groups attached to an aromatic ring is 1. The van der Waals surface area contributed by atoms with Crippen molar-refractivity contribution in [2.45, 2.75) is 25.7 Å². The minimum Gasteiger partial charge on any atom is -0.399 e. The quantitative estimate of drug-likeness (QED) is 0.824.